The van der Waals surface area contributed by atoms with E-state index in [9.17, 15) is 9.59 Å². The van der Waals surface area contributed by atoms with E-state index in [1.807, 2.05) is 0 Å². The minimum absolute atomic E-state index is 0.200. The Labute approximate surface area is 107 Å². The lowest BCUT2D eigenvalue weighted by Gasteiger charge is -2.21. The Bertz CT molecular complexity index is 424. The zero-order valence-corrected chi connectivity index (χ0v) is 11.1. The lowest BCUT2D eigenvalue weighted by Crippen LogP contribution is -2.41. The molecule has 0 spiro atoms. The molecule has 18 heavy (non-hydrogen) atoms. The van der Waals surface area contributed by atoms with Crippen LogP contribution in [-0.2, 0) is 4.74 Å². The summed E-state index contributed by atoms with van der Waals surface area (Å²) in [5.41, 5.74) is -0.123. The van der Waals surface area contributed by atoms with Crippen molar-refractivity contribution in [3.63, 3.8) is 0 Å². The number of nitrogens with one attached hydrogen (secondary N) is 1. The fraction of sp³-hybridized carbons (Fsp3) is 0.462. The predicted octanol–water partition coefficient (Wildman–Crippen LogP) is 2.18. The Morgan fingerprint density at radius 2 is 2.06 bits per heavy atom. The Hall–Kier alpha value is -1.91. The largest absolute Gasteiger partial charge is 0.444 e. The van der Waals surface area contributed by atoms with Crippen molar-refractivity contribution >= 4 is 11.9 Å². The fourth-order valence-corrected chi connectivity index (χ4v) is 1.31. The zero-order valence-electron chi connectivity index (χ0n) is 11.1. The van der Waals surface area contributed by atoms with Crippen molar-refractivity contribution in [3.05, 3.63) is 30.1 Å². The number of rotatable bonds is 3. The van der Waals surface area contributed by atoms with Crippen molar-refractivity contribution in [1.29, 1.82) is 0 Å². The van der Waals surface area contributed by atoms with Gasteiger partial charge in [-0.25, -0.2) is 4.79 Å². The van der Waals surface area contributed by atoms with Gasteiger partial charge in [-0.3, -0.25) is 9.78 Å². The van der Waals surface area contributed by atoms with Gasteiger partial charge in [-0.05, 0) is 39.8 Å². The van der Waals surface area contributed by atoms with Gasteiger partial charge in [-0.2, -0.15) is 0 Å². The van der Waals surface area contributed by atoms with Crippen molar-refractivity contribution in [3.8, 4) is 0 Å². The molecule has 0 saturated carbocycles. The molecule has 1 aromatic heterocycles. The van der Waals surface area contributed by atoms with E-state index in [-0.39, 0.29) is 5.78 Å². The SMILES string of the molecule is CC(NC(=O)OC(C)(C)C)C(=O)c1cccnc1. The van der Waals surface area contributed by atoms with Crippen molar-refractivity contribution in [1.82, 2.24) is 10.3 Å². The number of aromatic nitrogens is 1. The molecule has 1 rings (SSSR count). The van der Waals surface area contributed by atoms with E-state index in [0.29, 0.717) is 5.56 Å². The van der Waals surface area contributed by atoms with Gasteiger partial charge in [-0.15, -0.1) is 0 Å². The number of pyridine rings is 1. The molecule has 5 heteroatoms. The smallest absolute Gasteiger partial charge is 0.408 e. The molecular formula is C13H18N2O3. The summed E-state index contributed by atoms with van der Waals surface area (Å²) < 4.78 is 5.08. The second-order valence-electron chi connectivity index (χ2n) is 4.97. The summed E-state index contributed by atoms with van der Waals surface area (Å²) in [4.78, 5) is 27.3. The van der Waals surface area contributed by atoms with E-state index in [2.05, 4.69) is 10.3 Å². The number of carbonyl (C=O) groups excluding carboxylic acids is 2. The van der Waals surface area contributed by atoms with E-state index in [1.165, 1.54) is 6.20 Å². The minimum Gasteiger partial charge on any atom is -0.444 e. The van der Waals surface area contributed by atoms with E-state index < -0.39 is 17.7 Å². The first-order chi connectivity index (χ1) is 8.29. The van der Waals surface area contributed by atoms with Crippen LogP contribution in [0.1, 0.15) is 38.1 Å². The topological polar surface area (TPSA) is 68.3 Å². The van der Waals surface area contributed by atoms with Gasteiger partial charge in [0, 0.05) is 18.0 Å². The Morgan fingerprint density at radius 3 is 2.56 bits per heavy atom. The molecule has 0 radical (unpaired) electrons. The van der Waals surface area contributed by atoms with Crippen LogP contribution in [0.3, 0.4) is 0 Å². The summed E-state index contributed by atoms with van der Waals surface area (Å²) in [7, 11) is 0. The molecule has 5 nitrogen and oxygen atoms in total. The first kappa shape index (κ1) is 14.2. The Morgan fingerprint density at radius 1 is 1.39 bits per heavy atom. The first-order valence-electron chi connectivity index (χ1n) is 5.73. The highest BCUT2D eigenvalue weighted by Crippen LogP contribution is 2.07. The zero-order chi connectivity index (χ0) is 13.8. The number of ether oxygens (including phenoxy) is 1. The monoisotopic (exact) mass is 250 g/mol. The molecule has 0 saturated heterocycles. The summed E-state index contributed by atoms with van der Waals surface area (Å²) in [6.07, 6.45) is 2.45. The van der Waals surface area contributed by atoms with Crippen molar-refractivity contribution in [2.24, 2.45) is 0 Å². The molecule has 98 valence electrons. The Balaban J connectivity index is 2.59. The van der Waals surface area contributed by atoms with Gasteiger partial charge in [-0.1, -0.05) is 0 Å². The highest BCUT2D eigenvalue weighted by atomic mass is 16.6. The summed E-state index contributed by atoms with van der Waals surface area (Å²) in [6.45, 7) is 6.90. The van der Waals surface area contributed by atoms with Crippen LogP contribution in [0.25, 0.3) is 0 Å². The summed E-state index contributed by atoms with van der Waals surface area (Å²) in [5.74, 6) is -0.200. The molecule has 1 N–H and O–H groups in total. The molecule has 1 aromatic rings. The van der Waals surface area contributed by atoms with E-state index >= 15 is 0 Å². The van der Waals surface area contributed by atoms with Gasteiger partial charge in [0.05, 0.1) is 6.04 Å². The van der Waals surface area contributed by atoms with Crippen LogP contribution in [0, 0.1) is 0 Å². The van der Waals surface area contributed by atoms with Crippen LogP contribution in [0.15, 0.2) is 24.5 Å². The van der Waals surface area contributed by atoms with Crippen LogP contribution < -0.4 is 5.32 Å². The van der Waals surface area contributed by atoms with Crippen LogP contribution in [-0.4, -0.2) is 28.5 Å². The number of amides is 1. The van der Waals surface area contributed by atoms with Gasteiger partial charge >= 0.3 is 6.09 Å². The number of nitrogens with zero attached hydrogens (tertiary/aromatic N) is 1. The normalized spacial score (nSPS) is 12.7. The summed E-state index contributed by atoms with van der Waals surface area (Å²) in [5, 5.41) is 2.50. The maximum absolute atomic E-state index is 11.9. The van der Waals surface area contributed by atoms with Crippen molar-refractivity contribution in [2.45, 2.75) is 39.3 Å². The van der Waals surface area contributed by atoms with Gasteiger partial charge in [0.25, 0.3) is 0 Å². The molecule has 1 unspecified atom stereocenters. The van der Waals surface area contributed by atoms with E-state index in [0.717, 1.165) is 0 Å². The predicted molar refractivity (Wildman–Crippen MR) is 67.4 cm³/mol. The third-order valence-electron chi connectivity index (χ3n) is 2.07. The average molecular weight is 250 g/mol. The second-order valence-corrected chi connectivity index (χ2v) is 4.97. The minimum atomic E-state index is -0.649. The molecule has 0 bridgehead atoms. The van der Waals surface area contributed by atoms with Gasteiger partial charge < -0.3 is 10.1 Å². The average Bonchev–Trinajstić information content (AvgIpc) is 2.26. The highest BCUT2D eigenvalue weighted by molar-refractivity contribution is 6.00. The number of hydrogen-bond donors (Lipinski definition) is 1. The lowest BCUT2D eigenvalue weighted by molar-refractivity contribution is 0.0496. The quantitative estimate of drug-likeness (QED) is 0.835. The molecule has 1 amide bonds. The highest BCUT2D eigenvalue weighted by Gasteiger charge is 2.21. The van der Waals surface area contributed by atoms with Crippen LogP contribution in [0.2, 0.25) is 0 Å². The van der Waals surface area contributed by atoms with Gasteiger partial charge in [0.2, 0.25) is 0 Å². The van der Waals surface area contributed by atoms with Gasteiger partial charge in [0.1, 0.15) is 5.60 Å². The number of ketones is 1. The summed E-state index contributed by atoms with van der Waals surface area (Å²) >= 11 is 0. The molecule has 0 aromatic carbocycles. The number of Topliss-reactive ketones (excluding diaryl/α,β-unsaturated/α-hetero) is 1. The summed E-state index contributed by atoms with van der Waals surface area (Å²) in [6, 6.07) is 2.68. The first-order valence-corrected chi connectivity index (χ1v) is 5.73. The maximum Gasteiger partial charge on any atom is 0.408 e. The molecule has 0 aliphatic heterocycles. The van der Waals surface area contributed by atoms with E-state index in [1.54, 1.807) is 46.0 Å². The third kappa shape index (κ3) is 4.53. The molecule has 0 aliphatic carbocycles. The number of alkyl carbamates (subject to hydrolysis) is 1. The number of carbonyl (C=O) groups is 2. The maximum atomic E-state index is 11.9. The third-order valence-corrected chi connectivity index (χ3v) is 2.07. The van der Waals surface area contributed by atoms with Gasteiger partial charge in [0.15, 0.2) is 5.78 Å². The van der Waals surface area contributed by atoms with E-state index in [4.69, 9.17) is 4.74 Å². The molecule has 1 heterocycles. The number of hydrogen-bond acceptors (Lipinski definition) is 4. The standard InChI is InChI=1S/C13H18N2O3/c1-9(15-12(17)18-13(2,3)4)11(16)10-6-5-7-14-8-10/h5-9H,1-4H3,(H,15,17). The molecule has 0 fully saturated rings. The molecule has 0 aliphatic rings. The second kappa shape index (κ2) is 5.62. The van der Waals surface area contributed by atoms with Crippen molar-refractivity contribution < 1.29 is 14.3 Å². The Kier molecular flexibility index (Phi) is 4.42. The van der Waals surface area contributed by atoms with Crippen molar-refractivity contribution in [2.75, 3.05) is 0 Å². The molecular weight excluding hydrogens is 232 g/mol. The lowest BCUT2D eigenvalue weighted by atomic mass is 10.1. The van der Waals surface area contributed by atoms with Crippen LogP contribution >= 0.6 is 0 Å². The van der Waals surface area contributed by atoms with Crippen LogP contribution in [0.5, 0.6) is 0 Å². The van der Waals surface area contributed by atoms with Crippen LogP contribution in [0.4, 0.5) is 4.79 Å². The fourth-order valence-electron chi connectivity index (χ4n) is 1.31. The molecule has 1 atom stereocenters.